The van der Waals surface area contributed by atoms with Crippen LogP contribution < -0.4 is 0 Å². The van der Waals surface area contributed by atoms with Gasteiger partial charge in [0.15, 0.2) is 0 Å². The SMILES string of the molecule is CN1C(=O)N(CCc2ccsc2)C(=O)C1(C)C1CCCCC1. The van der Waals surface area contributed by atoms with Gasteiger partial charge in [-0.2, -0.15) is 11.3 Å². The zero-order valence-corrected chi connectivity index (χ0v) is 14.2. The Morgan fingerprint density at radius 1 is 1.27 bits per heavy atom. The lowest BCUT2D eigenvalue weighted by molar-refractivity contribution is -0.135. The first kappa shape index (κ1) is 15.5. The largest absolute Gasteiger partial charge is 0.327 e. The highest BCUT2D eigenvalue weighted by Crippen LogP contribution is 2.40. The van der Waals surface area contributed by atoms with E-state index in [-0.39, 0.29) is 11.9 Å². The molecule has 1 saturated heterocycles. The molecule has 1 aliphatic carbocycles. The summed E-state index contributed by atoms with van der Waals surface area (Å²) >= 11 is 1.65. The number of likely N-dealkylation sites (N-methyl/N-ethyl adjacent to an activating group) is 1. The van der Waals surface area contributed by atoms with Gasteiger partial charge in [-0.1, -0.05) is 19.3 Å². The Hall–Kier alpha value is -1.36. The minimum atomic E-state index is -0.647. The van der Waals surface area contributed by atoms with Crippen LogP contribution in [0.15, 0.2) is 16.8 Å². The Kier molecular flexibility index (Phi) is 4.26. The summed E-state index contributed by atoms with van der Waals surface area (Å²) in [4.78, 5) is 28.7. The third kappa shape index (κ3) is 2.45. The van der Waals surface area contributed by atoms with Gasteiger partial charge in [-0.05, 0) is 54.5 Å². The number of hydrogen-bond donors (Lipinski definition) is 0. The van der Waals surface area contributed by atoms with Crippen molar-refractivity contribution in [1.82, 2.24) is 9.80 Å². The maximum Gasteiger partial charge on any atom is 0.327 e. The molecule has 120 valence electrons. The van der Waals surface area contributed by atoms with Gasteiger partial charge in [0.2, 0.25) is 0 Å². The number of amides is 3. The summed E-state index contributed by atoms with van der Waals surface area (Å²) in [7, 11) is 1.79. The van der Waals surface area contributed by atoms with Gasteiger partial charge in [-0.25, -0.2) is 4.79 Å². The number of rotatable bonds is 4. The Morgan fingerprint density at radius 2 is 2.00 bits per heavy atom. The minimum absolute atomic E-state index is 0.00197. The number of nitrogens with zero attached hydrogens (tertiary/aromatic N) is 2. The molecule has 1 aromatic rings. The van der Waals surface area contributed by atoms with E-state index in [1.165, 1.54) is 29.7 Å². The molecule has 5 heteroatoms. The molecule has 0 spiro atoms. The van der Waals surface area contributed by atoms with Crippen molar-refractivity contribution in [2.24, 2.45) is 5.92 Å². The topological polar surface area (TPSA) is 40.6 Å². The molecule has 2 aliphatic rings. The smallest absolute Gasteiger partial charge is 0.313 e. The number of thiophene rings is 1. The van der Waals surface area contributed by atoms with Crippen molar-refractivity contribution in [3.8, 4) is 0 Å². The normalized spacial score (nSPS) is 27.0. The lowest BCUT2D eigenvalue weighted by Crippen LogP contribution is -2.51. The molecule has 0 aromatic carbocycles. The maximum atomic E-state index is 13.0. The number of urea groups is 1. The first-order valence-corrected chi connectivity index (χ1v) is 9.10. The number of carbonyl (C=O) groups is 2. The molecule has 1 aromatic heterocycles. The van der Waals surface area contributed by atoms with Gasteiger partial charge in [0.1, 0.15) is 5.54 Å². The molecule has 3 amide bonds. The highest BCUT2D eigenvalue weighted by atomic mass is 32.1. The van der Waals surface area contributed by atoms with Gasteiger partial charge >= 0.3 is 6.03 Å². The minimum Gasteiger partial charge on any atom is -0.313 e. The maximum absolute atomic E-state index is 13.0. The Balaban J connectivity index is 1.75. The molecule has 2 heterocycles. The summed E-state index contributed by atoms with van der Waals surface area (Å²) in [6.45, 7) is 2.45. The summed E-state index contributed by atoms with van der Waals surface area (Å²) < 4.78 is 0. The van der Waals surface area contributed by atoms with E-state index >= 15 is 0 Å². The van der Waals surface area contributed by atoms with E-state index in [0.717, 1.165) is 19.3 Å². The fourth-order valence-electron chi connectivity index (χ4n) is 3.87. The van der Waals surface area contributed by atoms with E-state index in [0.29, 0.717) is 12.5 Å². The summed E-state index contributed by atoms with van der Waals surface area (Å²) in [5.41, 5.74) is 0.547. The number of carbonyl (C=O) groups excluding carboxylic acids is 2. The first-order valence-electron chi connectivity index (χ1n) is 8.16. The van der Waals surface area contributed by atoms with Crippen molar-refractivity contribution >= 4 is 23.3 Å². The van der Waals surface area contributed by atoms with Crippen molar-refractivity contribution in [2.45, 2.75) is 51.0 Å². The zero-order valence-electron chi connectivity index (χ0n) is 13.4. The van der Waals surface area contributed by atoms with E-state index in [2.05, 4.69) is 11.4 Å². The van der Waals surface area contributed by atoms with Crippen LogP contribution in [0, 0.1) is 5.92 Å². The van der Waals surface area contributed by atoms with Gasteiger partial charge in [-0.3, -0.25) is 9.69 Å². The third-order valence-electron chi connectivity index (χ3n) is 5.50. The predicted molar refractivity (Wildman–Crippen MR) is 87.9 cm³/mol. The van der Waals surface area contributed by atoms with Crippen LogP contribution in [0.1, 0.15) is 44.6 Å². The Morgan fingerprint density at radius 3 is 2.64 bits per heavy atom. The van der Waals surface area contributed by atoms with E-state index in [4.69, 9.17) is 0 Å². The van der Waals surface area contributed by atoms with Crippen LogP contribution in [0.5, 0.6) is 0 Å². The molecule has 0 bridgehead atoms. The van der Waals surface area contributed by atoms with E-state index < -0.39 is 5.54 Å². The molecule has 1 atom stereocenters. The molecule has 4 nitrogen and oxygen atoms in total. The molecule has 3 rings (SSSR count). The average Bonchev–Trinajstić information content (AvgIpc) is 3.11. The molecule has 2 fully saturated rings. The first-order chi connectivity index (χ1) is 10.5. The second-order valence-corrected chi connectivity index (χ2v) is 7.44. The van der Waals surface area contributed by atoms with Crippen molar-refractivity contribution in [1.29, 1.82) is 0 Å². The summed E-state index contributed by atoms with van der Waals surface area (Å²) in [5, 5.41) is 4.11. The van der Waals surface area contributed by atoms with Gasteiger partial charge in [0.25, 0.3) is 5.91 Å². The van der Waals surface area contributed by atoms with Crippen LogP contribution in [0.4, 0.5) is 4.79 Å². The monoisotopic (exact) mass is 320 g/mol. The fraction of sp³-hybridized carbons (Fsp3) is 0.647. The van der Waals surface area contributed by atoms with Crippen molar-refractivity contribution in [2.75, 3.05) is 13.6 Å². The molecular weight excluding hydrogens is 296 g/mol. The zero-order chi connectivity index (χ0) is 15.7. The van der Waals surface area contributed by atoms with Crippen LogP contribution in [0.3, 0.4) is 0 Å². The van der Waals surface area contributed by atoms with Crippen LogP contribution in [-0.4, -0.2) is 40.9 Å². The lowest BCUT2D eigenvalue weighted by atomic mass is 9.75. The molecular formula is C17H24N2O2S. The van der Waals surface area contributed by atoms with E-state index in [1.54, 1.807) is 23.3 Å². The second kappa shape index (κ2) is 6.03. The Labute approximate surface area is 136 Å². The molecule has 0 N–H and O–H groups in total. The van der Waals surface area contributed by atoms with Crippen LogP contribution >= 0.6 is 11.3 Å². The van der Waals surface area contributed by atoms with Crippen molar-refractivity contribution < 1.29 is 9.59 Å². The highest BCUT2D eigenvalue weighted by Gasteiger charge is 2.56. The van der Waals surface area contributed by atoms with Crippen molar-refractivity contribution in [3.05, 3.63) is 22.4 Å². The number of imide groups is 1. The summed E-state index contributed by atoms with van der Waals surface area (Å²) in [6.07, 6.45) is 6.45. The van der Waals surface area contributed by atoms with Gasteiger partial charge in [0.05, 0.1) is 0 Å². The third-order valence-corrected chi connectivity index (χ3v) is 6.23. The molecule has 1 aliphatic heterocycles. The van der Waals surface area contributed by atoms with Crippen molar-refractivity contribution in [3.63, 3.8) is 0 Å². The molecule has 22 heavy (non-hydrogen) atoms. The summed E-state index contributed by atoms with van der Waals surface area (Å²) in [6, 6.07) is 1.92. The van der Waals surface area contributed by atoms with Gasteiger partial charge < -0.3 is 4.90 Å². The average molecular weight is 320 g/mol. The quantitative estimate of drug-likeness (QED) is 0.796. The predicted octanol–water partition coefficient (Wildman–Crippen LogP) is 3.52. The highest BCUT2D eigenvalue weighted by molar-refractivity contribution is 7.07. The Bertz CT molecular complexity index is 551. The number of hydrogen-bond acceptors (Lipinski definition) is 3. The fourth-order valence-corrected chi connectivity index (χ4v) is 4.57. The van der Waals surface area contributed by atoms with Crippen LogP contribution in [-0.2, 0) is 11.2 Å². The molecule has 0 radical (unpaired) electrons. The lowest BCUT2D eigenvalue weighted by Gasteiger charge is -2.38. The van der Waals surface area contributed by atoms with Gasteiger partial charge in [0, 0.05) is 13.6 Å². The summed E-state index contributed by atoms with van der Waals surface area (Å²) in [5.74, 6) is 0.302. The van der Waals surface area contributed by atoms with Crippen LogP contribution in [0.25, 0.3) is 0 Å². The van der Waals surface area contributed by atoms with Crippen LogP contribution in [0.2, 0.25) is 0 Å². The van der Waals surface area contributed by atoms with Gasteiger partial charge in [-0.15, -0.1) is 0 Å². The molecule has 1 unspecified atom stereocenters. The standard InChI is InChI=1S/C17H24N2O2S/c1-17(14-6-4-3-5-7-14)15(20)19(16(21)18(17)2)10-8-13-9-11-22-12-13/h9,11-12,14H,3-8,10H2,1-2H3. The van der Waals surface area contributed by atoms with E-state index in [9.17, 15) is 9.59 Å². The second-order valence-electron chi connectivity index (χ2n) is 6.66. The van der Waals surface area contributed by atoms with E-state index in [1.807, 2.05) is 12.3 Å². The molecule has 1 saturated carbocycles.